The molecule has 0 saturated carbocycles. The van der Waals surface area contributed by atoms with Gasteiger partial charge in [-0.25, -0.2) is 10.5 Å². The molecule has 4 aromatic rings. The quantitative estimate of drug-likeness (QED) is 0.406. The fourth-order valence-electron chi connectivity index (χ4n) is 2.93. The van der Waals surface area contributed by atoms with Crippen molar-refractivity contribution in [1.29, 1.82) is 0 Å². The number of hydrogen-bond acceptors (Lipinski definition) is 5. The number of carbonyl (C=O) groups excluding carboxylic acids is 1. The van der Waals surface area contributed by atoms with E-state index in [0.29, 0.717) is 22.6 Å². The summed E-state index contributed by atoms with van der Waals surface area (Å²) in [4.78, 5) is 25.4. The number of nitrogens with zero attached hydrogens (tertiary/aromatic N) is 2. The molecule has 0 aliphatic heterocycles. The van der Waals surface area contributed by atoms with Gasteiger partial charge in [0.2, 0.25) is 0 Å². The van der Waals surface area contributed by atoms with Crippen molar-refractivity contribution in [2.75, 3.05) is 0 Å². The Hall–Kier alpha value is -4.26. The van der Waals surface area contributed by atoms with Gasteiger partial charge in [-0.3, -0.25) is 9.59 Å². The highest BCUT2D eigenvalue weighted by Gasteiger charge is 2.22. The molecule has 29 heavy (non-hydrogen) atoms. The highest BCUT2D eigenvalue weighted by Crippen LogP contribution is 2.31. The van der Waals surface area contributed by atoms with E-state index in [0.717, 1.165) is 5.56 Å². The number of aromatic nitrogens is 2. The first-order valence-electron chi connectivity index (χ1n) is 8.84. The molecular formula is C22H16N4O3. The van der Waals surface area contributed by atoms with Crippen LogP contribution in [0.2, 0.25) is 0 Å². The number of H-pyrrole nitrogens is 1. The van der Waals surface area contributed by atoms with E-state index in [9.17, 15) is 9.59 Å². The average molecular weight is 384 g/mol. The molecule has 0 atom stereocenters. The Morgan fingerprint density at radius 2 is 1.66 bits per heavy atom. The summed E-state index contributed by atoms with van der Waals surface area (Å²) in [6, 6.07) is 21.9. The first-order chi connectivity index (χ1) is 14.2. The second kappa shape index (κ2) is 8.18. The van der Waals surface area contributed by atoms with Crippen LogP contribution in [0, 0.1) is 0 Å². The summed E-state index contributed by atoms with van der Waals surface area (Å²) in [5, 5.41) is 10.5. The second-order valence-corrected chi connectivity index (χ2v) is 6.10. The molecule has 0 unspecified atom stereocenters. The second-order valence-electron chi connectivity index (χ2n) is 6.10. The summed E-state index contributed by atoms with van der Waals surface area (Å²) in [7, 11) is 0. The van der Waals surface area contributed by atoms with Crippen LogP contribution in [-0.4, -0.2) is 22.3 Å². The third kappa shape index (κ3) is 3.89. The van der Waals surface area contributed by atoms with Crippen LogP contribution < -0.4 is 11.0 Å². The highest BCUT2D eigenvalue weighted by molar-refractivity contribution is 6.03. The summed E-state index contributed by atoms with van der Waals surface area (Å²) in [6.07, 6.45) is 2.85. The molecule has 2 aromatic carbocycles. The van der Waals surface area contributed by atoms with Gasteiger partial charge in [-0.15, -0.1) is 0 Å². The highest BCUT2D eigenvalue weighted by atomic mass is 16.3. The minimum atomic E-state index is -0.646. The Morgan fingerprint density at radius 1 is 0.966 bits per heavy atom. The number of benzene rings is 2. The molecule has 0 spiro atoms. The van der Waals surface area contributed by atoms with Gasteiger partial charge in [0.15, 0.2) is 0 Å². The van der Waals surface area contributed by atoms with Crippen LogP contribution in [0.5, 0.6) is 0 Å². The number of aromatic amines is 1. The summed E-state index contributed by atoms with van der Waals surface area (Å²) < 4.78 is 5.14. The molecular weight excluding hydrogens is 368 g/mol. The number of amides is 1. The van der Waals surface area contributed by atoms with Crippen LogP contribution in [0.25, 0.3) is 22.4 Å². The Morgan fingerprint density at radius 3 is 2.31 bits per heavy atom. The third-order valence-corrected chi connectivity index (χ3v) is 4.22. The number of hydrazone groups is 1. The van der Waals surface area contributed by atoms with Crippen molar-refractivity contribution in [3.63, 3.8) is 0 Å². The van der Waals surface area contributed by atoms with Gasteiger partial charge < -0.3 is 4.42 Å². The van der Waals surface area contributed by atoms with Crippen LogP contribution in [0.3, 0.4) is 0 Å². The fourth-order valence-corrected chi connectivity index (χ4v) is 2.93. The zero-order valence-electron chi connectivity index (χ0n) is 15.2. The maximum atomic E-state index is 12.9. The van der Waals surface area contributed by atoms with E-state index in [1.807, 2.05) is 60.7 Å². The van der Waals surface area contributed by atoms with Gasteiger partial charge in [0.25, 0.3) is 11.5 Å². The summed E-state index contributed by atoms with van der Waals surface area (Å²) in [5.41, 5.74) is 4.13. The molecule has 142 valence electrons. The molecule has 7 nitrogen and oxygen atoms in total. The van der Waals surface area contributed by atoms with E-state index >= 15 is 0 Å². The zero-order chi connectivity index (χ0) is 20.1. The maximum Gasteiger partial charge on any atom is 0.277 e. The topological polar surface area (TPSA) is 100 Å². The van der Waals surface area contributed by atoms with Crippen molar-refractivity contribution in [2.45, 2.75) is 0 Å². The number of nitrogens with one attached hydrogen (secondary N) is 2. The van der Waals surface area contributed by atoms with Crippen LogP contribution in [0.1, 0.15) is 16.1 Å². The molecule has 4 rings (SSSR count). The number of hydrogen-bond donors (Lipinski definition) is 2. The van der Waals surface area contributed by atoms with Gasteiger partial charge in [-0.05, 0) is 17.7 Å². The van der Waals surface area contributed by atoms with Gasteiger partial charge in [0.05, 0.1) is 18.2 Å². The van der Waals surface area contributed by atoms with Crippen LogP contribution >= 0.6 is 0 Å². The van der Waals surface area contributed by atoms with Crippen LogP contribution in [0.4, 0.5) is 0 Å². The molecule has 0 fully saturated rings. The first-order valence-corrected chi connectivity index (χ1v) is 8.84. The molecule has 0 saturated heterocycles. The zero-order valence-corrected chi connectivity index (χ0v) is 15.2. The van der Waals surface area contributed by atoms with E-state index in [2.05, 4.69) is 20.7 Å². The van der Waals surface area contributed by atoms with E-state index in [1.165, 1.54) is 12.5 Å². The Bertz CT molecular complexity index is 1200. The predicted octanol–water partition coefficient (Wildman–Crippen LogP) is 3.46. The Kier molecular flexibility index (Phi) is 5.11. The smallest absolute Gasteiger partial charge is 0.277 e. The van der Waals surface area contributed by atoms with Crippen molar-refractivity contribution in [2.24, 2.45) is 5.10 Å². The van der Waals surface area contributed by atoms with E-state index in [-0.39, 0.29) is 5.56 Å². The lowest BCUT2D eigenvalue weighted by atomic mass is 9.95. The number of carbonyl (C=O) groups is 1. The first kappa shape index (κ1) is 18.1. The minimum absolute atomic E-state index is 0.0679. The maximum absolute atomic E-state index is 12.9. The number of furan rings is 1. The molecule has 7 heteroatoms. The minimum Gasteiger partial charge on any atom is -0.463 e. The van der Waals surface area contributed by atoms with Crippen molar-refractivity contribution in [3.05, 3.63) is 101 Å². The van der Waals surface area contributed by atoms with Gasteiger partial charge in [-0.2, -0.15) is 10.2 Å². The summed E-state index contributed by atoms with van der Waals surface area (Å²) in [6.45, 7) is 0. The molecule has 2 N–H and O–H groups in total. The summed E-state index contributed by atoms with van der Waals surface area (Å²) in [5.74, 6) is -0.172. The SMILES string of the molecule is O=C(N/N=C/c1ccco1)c1c(-c2ccccc2)c(-c2ccccc2)n[nH]c1=O. The van der Waals surface area contributed by atoms with Gasteiger partial charge in [0.1, 0.15) is 11.3 Å². The predicted molar refractivity (Wildman–Crippen MR) is 109 cm³/mol. The van der Waals surface area contributed by atoms with Crippen LogP contribution in [-0.2, 0) is 0 Å². The lowest BCUT2D eigenvalue weighted by molar-refractivity contribution is 0.0954. The number of rotatable bonds is 5. The molecule has 0 radical (unpaired) electrons. The molecule has 2 aromatic heterocycles. The van der Waals surface area contributed by atoms with Crippen LogP contribution in [0.15, 0.2) is 93.4 Å². The lowest BCUT2D eigenvalue weighted by Crippen LogP contribution is -2.28. The molecule has 1 amide bonds. The van der Waals surface area contributed by atoms with Gasteiger partial charge >= 0.3 is 0 Å². The summed E-state index contributed by atoms with van der Waals surface area (Å²) >= 11 is 0. The standard InChI is InChI=1S/C22H16N4O3/c27-21(25-23-14-17-12-7-13-29-17)19-18(15-8-3-1-4-9-15)20(24-26-22(19)28)16-10-5-2-6-11-16/h1-14H,(H,25,27)(H,26,28)/b23-14+. The third-order valence-electron chi connectivity index (χ3n) is 4.22. The van der Waals surface area contributed by atoms with Crippen molar-refractivity contribution < 1.29 is 9.21 Å². The van der Waals surface area contributed by atoms with Crippen molar-refractivity contribution >= 4 is 12.1 Å². The monoisotopic (exact) mass is 384 g/mol. The largest absolute Gasteiger partial charge is 0.463 e. The van der Waals surface area contributed by atoms with Gasteiger partial charge in [-0.1, -0.05) is 60.7 Å². The fraction of sp³-hybridized carbons (Fsp3) is 0. The normalized spacial score (nSPS) is 10.9. The van der Waals surface area contributed by atoms with Crippen molar-refractivity contribution in [3.8, 4) is 22.4 Å². The van der Waals surface area contributed by atoms with E-state index < -0.39 is 11.5 Å². The Labute approximate surface area is 165 Å². The van der Waals surface area contributed by atoms with Gasteiger partial charge in [0, 0.05) is 11.1 Å². The van der Waals surface area contributed by atoms with Crippen molar-refractivity contribution in [1.82, 2.24) is 15.6 Å². The van der Waals surface area contributed by atoms with E-state index in [1.54, 1.807) is 12.1 Å². The molecule has 0 aliphatic rings. The van der Waals surface area contributed by atoms with E-state index in [4.69, 9.17) is 4.42 Å². The molecule has 2 heterocycles. The Balaban J connectivity index is 1.82. The molecule has 0 aliphatic carbocycles. The molecule has 0 bridgehead atoms. The lowest BCUT2D eigenvalue weighted by Gasteiger charge is -2.12. The average Bonchev–Trinajstić information content (AvgIpc) is 3.28.